The molecule has 1 unspecified atom stereocenters. The molecular formula is C8H12F3N3S. The summed E-state index contributed by atoms with van der Waals surface area (Å²) >= 11 is 0.972. The summed E-state index contributed by atoms with van der Waals surface area (Å²) in [6.45, 7) is 1.53. The molecule has 1 aromatic heterocycles. The first-order chi connectivity index (χ1) is 6.73. The molecule has 1 atom stereocenters. The Morgan fingerprint density at radius 2 is 1.93 bits per heavy atom. The Balaban J connectivity index is 3.05. The molecule has 7 heteroatoms. The predicted octanol–water partition coefficient (Wildman–Crippen LogP) is 2.08. The standard InChI is InChI=1S/C8H12F3N3S/c1-4-5(6(12)8(9,10)11)15-7(13-4)14(2)3/h6H,12H2,1-3H3. The van der Waals surface area contributed by atoms with Crippen LogP contribution in [0.25, 0.3) is 0 Å². The fourth-order valence-corrected chi connectivity index (χ4v) is 2.04. The van der Waals surface area contributed by atoms with Gasteiger partial charge in [0.25, 0.3) is 0 Å². The Labute approximate surface area is 89.7 Å². The maximum absolute atomic E-state index is 12.4. The van der Waals surface area contributed by atoms with Crippen LogP contribution in [-0.2, 0) is 0 Å². The number of alkyl halides is 3. The van der Waals surface area contributed by atoms with Gasteiger partial charge in [-0.2, -0.15) is 13.2 Å². The Bertz CT molecular complexity index is 345. The van der Waals surface area contributed by atoms with Crippen molar-refractivity contribution in [3.63, 3.8) is 0 Å². The number of hydrogen-bond acceptors (Lipinski definition) is 4. The van der Waals surface area contributed by atoms with Gasteiger partial charge >= 0.3 is 6.18 Å². The summed E-state index contributed by atoms with van der Waals surface area (Å²) in [4.78, 5) is 5.74. The Morgan fingerprint density at radius 3 is 2.27 bits per heavy atom. The van der Waals surface area contributed by atoms with Crippen molar-refractivity contribution in [1.29, 1.82) is 0 Å². The van der Waals surface area contributed by atoms with E-state index >= 15 is 0 Å². The smallest absolute Gasteiger partial charge is 0.354 e. The van der Waals surface area contributed by atoms with Crippen LogP contribution < -0.4 is 10.6 Å². The van der Waals surface area contributed by atoms with Crippen molar-refractivity contribution in [3.8, 4) is 0 Å². The van der Waals surface area contributed by atoms with E-state index in [1.807, 2.05) is 0 Å². The number of thiazole rings is 1. The molecule has 1 rings (SSSR count). The number of halogens is 3. The summed E-state index contributed by atoms with van der Waals surface area (Å²) in [6.07, 6.45) is -4.42. The third-order valence-corrected chi connectivity index (χ3v) is 3.25. The number of hydrogen-bond donors (Lipinski definition) is 1. The van der Waals surface area contributed by atoms with Crippen molar-refractivity contribution in [2.24, 2.45) is 5.73 Å². The van der Waals surface area contributed by atoms with E-state index in [4.69, 9.17) is 5.73 Å². The first kappa shape index (κ1) is 12.3. The van der Waals surface area contributed by atoms with Crippen molar-refractivity contribution in [2.45, 2.75) is 19.1 Å². The molecule has 0 amide bonds. The third-order valence-electron chi connectivity index (χ3n) is 1.84. The minimum absolute atomic E-state index is 0.0752. The zero-order valence-electron chi connectivity index (χ0n) is 8.59. The van der Waals surface area contributed by atoms with Gasteiger partial charge in [-0.05, 0) is 6.92 Å². The van der Waals surface area contributed by atoms with Crippen LogP contribution in [0.4, 0.5) is 18.3 Å². The molecule has 0 saturated carbocycles. The van der Waals surface area contributed by atoms with Crippen LogP contribution in [0.2, 0.25) is 0 Å². The average molecular weight is 239 g/mol. The van der Waals surface area contributed by atoms with E-state index in [9.17, 15) is 13.2 Å². The molecule has 0 aromatic carbocycles. The first-order valence-corrected chi connectivity index (χ1v) is 5.02. The fourth-order valence-electron chi connectivity index (χ4n) is 1.02. The van der Waals surface area contributed by atoms with Gasteiger partial charge in [-0.1, -0.05) is 11.3 Å². The van der Waals surface area contributed by atoms with Crippen molar-refractivity contribution >= 4 is 16.5 Å². The van der Waals surface area contributed by atoms with Crippen molar-refractivity contribution in [1.82, 2.24) is 4.98 Å². The largest absolute Gasteiger partial charge is 0.408 e. The lowest BCUT2D eigenvalue weighted by molar-refractivity contribution is -0.148. The monoisotopic (exact) mass is 239 g/mol. The second-order valence-corrected chi connectivity index (χ2v) is 4.37. The van der Waals surface area contributed by atoms with E-state index in [0.717, 1.165) is 11.3 Å². The normalized spacial score (nSPS) is 14.1. The number of aryl methyl sites for hydroxylation is 1. The summed E-state index contributed by atoms with van der Waals surface area (Å²) in [7, 11) is 3.45. The van der Waals surface area contributed by atoms with Crippen LogP contribution in [-0.4, -0.2) is 25.3 Å². The summed E-state index contributed by atoms with van der Waals surface area (Å²) < 4.78 is 37.1. The van der Waals surface area contributed by atoms with Gasteiger partial charge in [0, 0.05) is 14.1 Å². The maximum Gasteiger partial charge on any atom is 0.408 e. The van der Waals surface area contributed by atoms with Crippen LogP contribution in [0.1, 0.15) is 16.6 Å². The molecule has 0 aliphatic heterocycles. The lowest BCUT2D eigenvalue weighted by Gasteiger charge is -2.14. The fraction of sp³-hybridized carbons (Fsp3) is 0.625. The minimum Gasteiger partial charge on any atom is -0.354 e. The molecule has 2 N–H and O–H groups in total. The molecule has 0 fully saturated rings. The highest BCUT2D eigenvalue weighted by Gasteiger charge is 2.40. The van der Waals surface area contributed by atoms with Crippen LogP contribution in [0.3, 0.4) is 0 Å². The summed E-state index contributed by atoms with van der Waals surface area (Å²) in [5.41, 5.74) is 5.45. The van der Waals surface area contributed by atoms with Crippen LogP contribution in [0.15, 0.2) is 0 Å². The Kier molecular flexibility index (Phi) is 3.25. The highest BCUT2D eigenvalue weighted by Crippen LogP contribution is 2.37. The summed E-state index contributed by atoms with van der Waals surface area (Å²) in [5.74, 6) is 0. The second kappa shape index (κ2) is 3.97. The van der Waals surface area contributed by atoms with Gasteiger partial charge in [0.2, 0.25) is 0 Å². The average Bonchev–Trinajstić information content (AvgIpc) is 2.44. The van der Waals surface area contributed by atoms with Gasteiger partial charge in [0.1, 0.15) is 6.04 Å². The van der Waals surface area contributed by atoms with E-state index in [0.29, 0.717) is 10.8 Å². The molecule has 86 valence electrons. The van der Waals surface area contributed by atoms with Crippen LogP contribution >= 0.6 is 11.3 Å². The van der Waals surface area contributed by atoms with Gasteiger partial charge < -0.3 is 10.6 Å². The van der Waals surface area contributed by atoms with Crippen molar-refractivity contribution < 1.29 is 13.2 Å². The summed E-state index contributed by atoms with van der Waals surface area (Å²) in [6, 6.07) is -1.94. The van der Waals surface area contributed by atoms with E-state index < -0.39 is 12.2 Å². The number of anilines is 1. The van der Waals surface area contributed by atoms with Crippen LogP contribution in [0.5, 0.6) is 0 Å². The molecule has 0 radical (unpaired) electrons. The lowest BCUT2D eigenvalue weighted by Crippen LogP contribution is -2.28. The Morgan fingerprint density at radius 1 is 1.40 bits per heavy atom. The zero-order chi connectivity index (χ0) is 11.8. The lowest BCUT2D eigenvalue weighted by atomic mass is 10.2. The number of nitrogens with zero attached hydrogens (tertiary/aromatic N) is 2. The molecular weight excluding hydrogens is 227 g/mol. The zero-order valence-corrected chi connectivity index (χ0v) is 9.41. The molecule has 1 aromatic rings. The highest BCUT2D eigenvalue weighted by atomic mass is 32.1. The number of aromatic nitrogens is 1. The predicted molar refractivity (Wildman–Crippen MR) is 54.2 cm³/mol. The molecule has 0 bridgehead atoms. The van der Waals surface area contributed by atoms with E-state index in [1.54, 1.807) is 19.0 Å². The topological polar surface area (TPSA) is 42.2 Å². The highest BCUT2D eigenvalue weighted by molar-refractivity contribution is 7.15. The second-order valence-electron chi connectivity index (χ2n) is 3.36. The Hall–Kier alpha value is -0.820. The molecule has 3 nitrogen and oxygen atoms in total. The van der Waals surface area contributed by atoms with Gasteiger partial charge in [-0.25, -0.2) is 4.98 Å². The molecule has 15 heavy (non-hydrogen) atoms. The van der Waals surface area contributed by atoms with Gasteiger partial charge in [0.05, 0.1) is 10.6 Å². The van der Waals surface area contributed by atoms with Gasteiger partial charge in [-0.15, -0.1) is 0 Å². The van der Waals surface area contributed by atoms with Crippen molar-refractivity contribution in [3.05, 3.63) is 10.6 Å². The maximum atomic E-state index is 12.4. The quantitative estimate of drug-likeness (QED) is 0.859. The third kappa shape index (κ3) is 2.60. The summed E-state index contributed by atoms with van der Waals surface area (Å²) in [5, 5.41) is 0.530. The van der Waals surface area contributed by atoms with E-state index in [1.165, 1.54) is 6.92 Å². The molecule has 0 aliphatic carbocycles. The molecule has 0 aliphatic rings. The van der Waals surface area contributed by atoms with Crippen molar-refractivity contribution in [2.75, 3.05) is 19.0 Å². The van der Waals surface area contributed by atoms with E-state index in [2.05, 4.69) is 4.98 Å². The van der Waals surface area contributed by atoms with E-state index in [-0.39, 0.29) is 4.88 Å². The van der Waals surface area contributed by atoms with Crippen LogP contribution in [0, 0.1) is 6.92 Å². The molecule has 0 spiro atoms. The number of rotatable bonds is 2. The minimum atomic E-state index is -4.42. The molecule has 0 saturated heterocycles. The first-order valence-electron chi connectivity index (χ1n) is 4.20. The molecule has 1 heterocycles. The number of nitrogens with two attached hydrogens (primary N) is 1. The van der Waals surface area contributed by atoms with Gasteiger partial charge in [-0.3, -0.25) is 0 Å². The van der Waals surface area contributed by atoms with Gasteiger partial charge in [0.15, 0.2) is 5.13 Å². The SMILES string of the molecule is Cc1nc(N(C)C)sc1C(N)C(F)(F)F.